The number of benzene rings is 1. The summed E-state index contributed by atoms with van der Waals surface area (Å²) in [7, 11) is 0. The fourth-order valence-electron chi connectivity index (χ4n) is 1.21. The van der Waals surface area contributed by atoms with Crippen LogP contribution in [-0.4, -0.2) is 15.2 Å². The van der Waals surface area contributed by atoms with E-state index in [0.29, 0.717) is 22.1 Å². The molecule has 1 aromatic heterocycles. The highest BCUT2D eigenvalue weighted by molar-refractivity contribution is 7.81. The highest BCUT2D eigenvalue weighted by Gasteiger charge is 2.07. The number of nitrogens with zero attached hydrogens (tertiary/aromatic N) is 1. The lowest BCUT2D eigenvalue weighted by Gasteiger charge is -2.06. The quantitative estimate of drug-likeness (QED) is 0.697. The summed E-state index contributed by atoms with van der Waals surface area (Å²) in [5, 5.41) is 9.28. The van der Waals surface area contributed by atoms with Gasteiger partial charge in [-0.1, -0.05) is 12.2 Å². The Morgan fingerprint density at radius 2 is 2.06 bits per heavy atom. The predicted octanol–water partition coefficient (Wildman–Crippen LogP) is 1.92. The molecule has 0 aliphatic heterocycles. The molecule has 2 aromatic rings. The Kier molecular flexibility index (Phi) is 2.82. The molecule has 0 saturated heterocycles. The van der Waals surface area contributed by atoms with Crippen LogP contribution in [0.2, 0.25) is 0 Å². The summed E-state index contributed by atoms with van der Waals surface area (Å²) in [6.07, 6.45) is 1.54. The number of halogens is 1. The van der Waals surface area contributed by atoms with Gasteiger partial charge in [-0.05, 0) is 24.3 Å². The maximum Gasteiger partial charge on any atom is 0.129 e. The first-order chi connectivity index (χ1) is 7.66. The summed E-state index contributed by atoms with van der Waals surface area (Å²) in [4.78, 5) is 0.442. The molecule has 4 N–H and O–H groups in total. The average molecular weight is 236 g/mol. The van der Waals surface area contributed by atoms with Crippen molar-refractivity contribution in [2.24, 2.45) is 0 Å². The van der Waals surface area contributed by atoms with E-state index in [9.17, 15) is 4.39 Å². The molecule has 0 spiro atoms. The molecule has 0 aliphatic rings. The lowest BCUT2D eigenvalue weighted by Crippen LogP contribution is -2.11. The van der Waals surface area contributed by atoms with E-state index in [4.69, 9.17) is 18.0 Å². The number of aromatic amines is 1. The van der Waals surface area contributed by atoms with Gasteiger partial charge in [-0.3, -0.25) is 5.10 Å². The highest BCUT2D eigenvalue weighted by Crippen LogP contribution is 2.13. The summed E-state index contributed by atoms with van der Waals surface area (Å²) >= 11 is 5.13. The fraction of sp³-hybridized carbons (Fsp3) is 0. The largest absolute Gasteiger partial charge is 0.383 e. The summed E-state index contributed by atoms with van der Waals surface area (Å²) in [5.41, 5.74) is 6.94. The Morgan fingerprint density at radius 3 is 2.62 bits per heavy atom. The Morgan fingerprint density at radius 1 is 1.38 bits per heavy atom. The SMILES string of the molecule is Nc1[nH]ncc1C(=S)Nc1ccc(F)cc1. The van der Waals surface area contributed by atoms with Gasteiger partial charge in [-0.25, -0.2) is 4.39 Å². The molecule has 0 fully saturated rings. The zero-order valence-electron chi connectivity index (χ0n) is 8.20. The van der Waals surface area contributed by atoms with Gasteiger partial charge in [0.25, 0.3) is 0 Å². The fourth-order valence-corrected chi connectivity index (χ4v) is 1.49. The van der Waals surface area contributed by atoms with E-state index < -0.39 is 0 Å². The van der Waals surface area contributed by atoms with Gasteiger partial charge in [-0.15, -0.1) is 0 Å². The molecule has 0 saturated carbocycles. The third-order valence-electron chi connectivity index (χ3n) is 2.02. The van der Waals surface area contributed by atoms with Gasteiger partial charge in [0.2, 0.25) is 0 Å². The van der Waals surface area contributed by atoms with Crippen LogP contribution in [0.15, 0.2) is 30.5 Å². The van der Waals surface area contributed by atoms with Crippen molar-refractivity contribution in [2.45, 2.75) is 0 Å². The van der Waals surface area contributed by atoms with E-state index in [2.05, 4.69) is 15.5 Å². The molecule has 0 bridgehead atoms. The van der Waals surface area contributed by atoms with Crippen LogP contribution in [0.25, 0.3) is 0 Å². The van der Waals surface area contributed by atoms with Gasteiger partial charge < -0.3 is 11.1 Å². The minimum absolute atomic E-state index is 0.292. The lowest BCUT2D eigenvalue weighted by molar-refractivity contribution is 0.628. The van der Waals surface area contributed by atoms with E-state index in [1.807, 2.05) is 0 Å². The molecule has 0 amide bonds. The number of hydrogen-bond acceptors (Lipinski definition) is 3. The van der Waals surface area contributed by atoms with E-state index in [1.54, 1.807) is 12.1 Å². The van der Waals surface area contributed by atoms with Crippen molar-refractivity contribution < 1.29 is 4.39 Å². The molecule has 0 aliphatic carbocycles. The number of nitrogen functional groups attached to an aromatic ring is 1. The number of rotatable bonds is 2. The molecule has 1 aromatic carbocycles. The van der Waals surface area contributed by atoms with Gasteiger partial charge >= 0.3 is 0 Å². The van der Waals surface area contributed by atoms with Crippen molar-refractivity contribution >= 4 is 28.7 Å². The van der Waals surface area contributed by atoms with E-state index in [-0.39, 0.29) is 5.82 Å². The molecule has 0 atom stereocenters. The highest BCUT2D eigenvalue weighted by atomic mass is 32.1. The first kappa shape index (κ1) is 10.6. The number of anilines is 2. The Bertz CT molecular complexity index is 506. The second-order valence-electron chi connectivity index (χ2n) is 3.16. The van der Waals surface area contributed by atoms with Crippen LogP contribution in [0, 0.1) is 5.82 Å². The monoisotopic (exact) mass is 236 g/mol. The number of hydrogen-bond donors (Lipinski definition) is 3. The topological polar surface area (TPSA) is 66.7 Å². The maximum atomic E-state index is 12.7. The van der Waals surface area contributed by atoms with Crippen LogP contribution < -0.4 is 11.1 Å². The van der Waals surface area contributed by atoms with E-state index in [0.717, 1.165) is 0 Å². The summed E-state index contributed by atoms with van der Waals surface area (Å²) in [5.74, 6) is 0.110. The molecule has 1 heterocycles. The third kappa shape index (κ3) is 2.17. The lowest BCUT2D eigenvalue weighted by atomic mass is 10.3. The van der Waals surface area contributed by atoms with Crippen LogP contribution in [0.1, 0.15) is 5.56 Å². The molecular formula is C10H9FN4S. The summed E-state index contributed by atoms with van der Waals surface area (Å²) in [6.45, 7) is 0. The van der Waals surface area contributed by atoms with Gasteiger partial charge in [-0.2, -0.15) is 5.10 Å². The first-order valence-electron chi connectivity index (χ1n) is 4.52. The molecule has 0 unspecified atom stereocenters. The minimum atomic E-state index is -0.292. The first-order valence-corrected chi connectivity index (χ1v) is 4.93. The Hall–Kier alpha value is -1.95. The van der Waals surface area contributed by atoms with Crippen LogP contribution in [-0.2, 0) is 0 Å². The second-order valence-corrected chi connectivity index (χ2v) is 3.57. The van der Waals surface area contributed by atoms with Crippen molar-refractivity contribution in [3.8, 4) is 0 Å². The molecule has 6 heteroatoms. The molecule has 4 nitrogen and oxygen atoms in total. The number of thiocarbonyl (C=S) groups is 1. The Labute approximate surface area is 96.7 Å². The zero-order chi connectivity index (χ0) is 11.5. The van der Waals surface area contributed by atoms with Crippen LogP contribution in [0.5, 0.6) is 0 Å². The van der Waals surface area contributed by atoms with Crippen molar-refractivity contribution in [3.63, 3.8) is 0 Å². The Balaban J connectivity index is 2.14. The summed E-state index contributed by atoms with van der Waals surface area (Å²) in [6, 6.07) is 5.89. The molecule has 0 radical (unpaired) electrons. The van der Waals surface area contributed by atoms with Crippen molar-refractivity contribution in [2.75, 3.05) is 11.1 Å². The van der Waals surface area contributed by atoms with Gasteiger partial charge in [0.1, 0.15) is 16.6 Å². The predicted molar refractivity (Wildman–Crippen MR) is 64.7 cm³/mol. The standard InChI is InChI=1S/C10H9FN4S/c11-6-1-3-7(4-2-6)14-10(16)8-5-13-15-9(8)12/h1-5H,(H,14,16)(H3,12,13,15). The molecular weight excluding hydrogens is 227 g/mol. The van der Waals surface area contributed by atoms with Crippen LogP contribution in [0.4, 0.5) is 15.9 Å². The number of nitrogens with two attached hydrogens (primary N) is 1. The molecule has 82 valence electrons. The minimum Gasteiger partial charge on any atom is -0.383 e. The maximum absolute atomic E-state index is 12.7. The van der Waals surface area contributed by atoms with Crippen LogP contribution in [0.3, 0.4) is 0 Å². The van der Waals surface area contributed by atoms with Crippen molar-refractivity contribution in [1.82, 2.24) is 10.2 Å². The second kappa shape index (κ2) is 4.28. The average Bonchev–Trinajstić information content (AvgIpc) is 2.68. The van der Waals surface area contributed by atoms with Gasteiger partial charge in [0.05, 0.1) is 11.8 Å². The number of aromatic nitrogens is 2. The third-order valence-corrected chi connectivity index (χ3v) is 2.34. The van der Waals surface area contributed by atoms with Crippen molar-refractivity contribution in [3.05, 3.63) is 41.8 Å². The molecule has 2 rings (SSSR count). The normalized spacial score (nSPS) is 10.1. The number of nitrogens with one attached hydrogen (secondary N) is 2. The number of H-pyrrole nitrogens is 1. The zero-order valence-corrected chi connectivity index (χ0v) is 9.01. The van der Waals surface area contributed by atoms with Gasteiger partial charge in [0.15, 0.2) is 0 Å². The molecule has 16 heavy (non-hydrogen) atoms. The van der Waals surface area contributed by atoms with Crippen molar-refractivity contribution in [1.29, 1.82) is 0 Å². The van der Waals surface area contributed by atoms with E-state index in [1.165, 1.54) is 18.3 Å². The summed E-state index contributed by atoms with van der Waals surface area (Å²) < 4.78 is 12.7. The van der Waals surface area contributed by atoms with Gasteiger partial charge in [0, 0.05) is 5.69 Å². The smallest absolute Gasteiger partial charge is 0.129 e. The van der Waals surface area contributed by atoms with E-state index >= 15 is 0 Å². The van der Waals surface area contributed by atoms with Crippen LogP contribution >= 0.6 is 12.2 Å².